The third-order valence-electron chi connectivity index (χ3n) is 4.66. The molecule has 112 valence electrons. The molecule has 1 saturated carbocycles. The van der Waals surface area contributed by atoms with Gasteiger partial charge in [-0.1, -0.05) is 37.3 Å². The van der Waals surface area contributed by atoms with Gasteiger partial charge in [-0.2, -0.15) is 0 Å². The highest BCUT2D eigenvalue weighted by Crippen LogP contribution is 2.39. The summed E-state index contributed by atoms with van der Waals surface area (Å²) in [6.07, 6.45) is 2.95. The Morgan fingerprint density at radius 3 is 2.48 bits per heavy atom. The van der Waals surface area contributed by atoms with Crippen LogP contribution in [0.3, 0.4) is 0 Å². The molecular weight excluding hydrogens is 264 g/mol. The van der Waals surface area contributed by atoms with Crippen molar-refractivity contribution in [3.63, 3.8) is 0 Å². The molecule has 4 heteroatoms. The number of nitrogens with one attached hydrogen (secondary N) is 1. The molecule has 0 radical (unpaired) electrons. The lowest BCUT2D eigenvalue weighted by Crippen LogP contribution is -2.61. The van der Waals surface area contributed by atoms with E-state index in [1.807, 2.05) is 42.2 Å². The molecule has 3 unspecified atom stereocenters. The lowest BCUT2D eigenvalue weighted by atomic mass is 9.95. The minimum atomic E-state index is -0.489. The molecule has 1 aliphatic heterocycles. The maximum Gasteiger partial charge on any atom is 0.248 e. The molecule has 21 heavy (non-hydrogen) atoms. The van der Waals surface area contributed by atoms with Crippen LogP contribution in [-0.2, 0) is 9.59 Å². The Balaban J connectivity index is 1.97. The maximum absolute atomic E-state index is 12.8. The second-order valence-corrected chi connectivity index (χ2v) is 6.11. The number of rotatable bonds is 4. The smallest absolute Gasteiger partial charge is 0.248 e. The Bertz CT molecular complexity index is 539. The first-order chi connectivity index (χ1) is 10.1. The number of carbonyl (C=O) groups excluding carboxylic acids is 2. The fourth-order valence-electron chi connectivity index (χ4n) is 3.21. The van der Waals surface area contributed by atoms with E-state index in [9.17, 15) is 9.59 Å². The quantitative estimate of drug-likeness (QED) is 0.923. The number of carbonyl (C=O) groups is 2. The second-order valence-electron chi connectivity index (χ2n) is 6.11. The van der Waals surface area contributed by atoms with Crippen LogP contribution in [0.1, 0.15) is 44.7 Å². The van der Waals surface area contributed by atoms with E-state index in [0.29, 0.717) is 12.3 Å². The zero-order valence-electron chi connectivity index (χ0n) is 12.6. The zero-order chi connectivity index (χ0) is 15.0. The highest BCUT2D eigenvalue weighted by atomic mass is 16.2. The first kappa shape index (κ1) is 14.1. The summed E-state index contributed by atoms with van der Waals surface area (Å²) < 4.78 is 0. The van der Waals surface area contributed by atoms with Crippen LogP contribution >= 0.6 is 0 Å². The standard InChI is InChI=1S/C17H22N2O2/c1-3-14-17(21)19(11(2)12-9-10-12)15(16(20)18-14)13-7-5-4-6-8-13/h4-8,11-12,14-15H,3,9-10H2,1-2H3,(H,18,20). The van der Waals surface area contributed by atoms with Crippen LogP contribution in [0.2, 0.25) is 0 Å². The van der Waals surface area contributed by atoms with Gasteiger partial charge >= 0.3 is 0 Å². The van der Waals surface area contributed by atoms with E-state index in [0.717, 1.165) is 18.4 Å². The van der Waals surface area contributed by atoms with Crippen molar-refractivity contribution in [3.05, 3.63) is 35.9 Å². The average molecular weight is 286 g/mol. The predicted octanol–water partition coefficient (Wildman–Crippen LogP) is 2.26. The molecule has 1 heterocycles. The van der Waals surface area contributed by atoms with Crippen molar-refractivity contribution < 1.29 is 9.59 Å². The molecule has 1 N–H and O–H groups in total. The maximum atomic E-state index is 12.8. The highest BCUT2D eigenvalue weighted by molar-refractivity contribution is 5.97. The van der Waals surface area contributed by atoms with E-state index >= 15 is 0 Å². The fraction of sp³-hybridized carbons (Fsp3) is 0.529. The number of hydrogen-bond donors (Lipinski definition) is 1. The molecular formula is C17H22N2O2. The minimum absolute atomic E-state index is 0.0554. The zero-order valence-corrected chi connectivity index (χ0v) is 12.6. The van der Waals surface area contributed by atoms with Crippen LogP contribution in [0, 0.1) is 5.92 Å². The number of amides is 2. The van der Waals surface area contributed by atoms with Gasteiger partial charge in [-0.3, -0.25) is 9.59 Å². The van der Waals surface area contributed by atoms with Crippen molar-refractivity contribution in [2.24, 2.45) is 5.92 Å². The Hall–Kier alpha value is -1.84. The van der Waals surface area contributed by atoms with Crippen molar-refractivity contribution in [2.45, 2.75) is 51.2 Å². The van der Waals surface area contributed by atoms with Gasteiger partial charge in [0.15, 0.2) is 0 Å². The predicted molar refractivity (Wildman–Crippen MR) is 80.4 cm³/mol. The molecule has 0 spiro atoms. The van der Waals surface area contributed by atoms with Gasteiger partial charge in [0.05, 0.1) is 0 Å². The third kappa shape index (κ3) is 2.55. The first-order valence-electron chi connectivity index (χ1n) is 7.81. The number of piperazine rings is 1. The topological polar surface area (TPSA) is 49.4 Å². The molecule has 0 aromatic heterocycles. The SMILES string of the molecule is CCC1NC(=O)C(c2ccccc2)N(C(C)C2CC2)C1=O. The van der Waals surface area contributed by atoms with Gasteiger partial charge in [-0.25, -0.2) is 0 Å². The van der Waals surface area contributed by atoms with E-state index in [-0.39, 0.29) is 23.9 Å². The lowest BCUT2D eigenvalue weighted by molar-refractivity contribution is -0.152. The second kappa shape index (κ2) is 5.51. The van der Waals surface area contributed by atoms with Crippen molar-refractivity contribution >= 4 is 11.8 Å². The Morgan fingerprint density at radius 1 is 1.24 bits per heavy atom. The van der Waals surface area contributed by atoms with Crippen LogP contribution in [0.15, 0.2) is 30.3 Å². The summed E-state index contributed by atoms with van der Waals surface area (Å²) in [5.41, 5.74) is 0.894. The summed E-state index contributed by atoms with van der Waals surface area (Å²) in [4.78, 5) is 27.2. The normalized spacial score (nSPS) is 27.4. The molecule has 4 nitrogen and oxygen atoms in total. The molecule has 3 atom stereocenters. The van der Waals surface area contributed by atoms with Gasteiger partial charge in [0, 0.05) is 6.04 Å². The van der Waals surface area contributed by atoms with Crippen molar-refractivity contribution in [2.75, 3.05) is 0 Å². The molecule has 0 bridgehead atoms. The van der Waals surface area contributed by atoms with Gasteiger partial charge < -0.3 is 10.2 Å². The minimum Gasteiger partial charge on any atom is -0.342 e. The van der Waals surface area contributed by atoms with Gasteiger partial charge in [-0.15, -0.1) is 0 Å². The van der Waals surface area contributed by atoms with Gasteiger partial charge in [-0.05, 0) is 37.7 Å². The van der Waals surface area contributed by atoms with Crippen molar-refractivity contribution in [1.82, 2.24) is 10.2 Å². The molecule has 3 rings (SSSR count). The average Bonchev–Trinajstić information content (AvgIpc) is 3.33. The summed E-state index contributed by atoms with van der Waals surface area (Å²) in [5.74, 6) is 0.550. The number of benzene rings is 1. The Kier molecular flexibility index (Phi) is 3.70. The van der Waals surface area contributed by atoms with Crippen molar-refractivity contribution in [1.29, 1.82) is 0 Å². The van der Waals surface area contributed by atoms with Crippen LogP contribution in [0.25, 0.3) is 0 Å². The van der Waals surface area contributed by atoms with Gasteiger partial charge in [0.1, 0.15) is 12.1 Å². The molecule has 1 saturated heterocycles. The van der Waals surface area contributed by atoms with E-state index in [2.05, 4.69) is 12.2 Å². The van der Waals surface area contributed by atoms with E-state index in [4.69, 9.17) is 0 Å². The number of nitrogens with zero attached hydrogens (tertiary/aromatic N) is 1. The summed E-state index contributed by atoms with van der Waals surface area (Å²) >= 11 is 0. The molecule has 1 aliphatic carbocycles. The van der Waals surface area contributed by atoms with Crippen LogP contribution in [0.5, 0.6) is 0 Å². The van der Waals surface area contributed by atoms with Gasteiger partial charge in [0.25, 0.3) is 0 Å². The number of hydrogen-bond acceptors (Lipinski definition) is 2. The van der Waals surface area contributed by atoms with Crippen molar-refractivity contribution in [3.8, 4) is 0 Å². The van der Waals surface area contributed by atoms with Gasteiger partial charge in [0.2, 0.25) is 11.8 Å². The Labute approximate surface area is 125 Å². The van der Waals surface area contributed by atoms with Crippen LogP contribution < -0.4 is 5.32 Å². The van der Waals surface area contributed by atoms with Crippen LogP contribution in [-0.4, -0.2) is 28.8 Å². The van der Waals surface area contributed by atoms with E-state index in [1.54, 1.807) is 0 Å². The van der Waals surface area contributed by atoms with E-state index in [1.165, 1.54) is 0 Å². The molecule has 1 aromatic rings. The third-order valence-corrected chi connectivity index (χ3v) is 4.66. The molecule has 2 fully saturated rings. The Morgan fingerprint density at radius 2 is 1.90 bits per heavy atom. The fourth-order valence-corrected chi connectivity index (χ4v) is 3.21. The lowest BCUT2D eigenvalue weighted by Gasteiger charge is -2.42. The monoisotopic (exact) mass is 286 g/mol. The summed E-state index contributed by atoms with van der Waals surface area (Å²) in [7, 11) is 0. The van der Waals surface area contributed by atoms with Crippen LogP contribution in [0.4, 0.5) is 0 Å². The molecule has 1 aromatic carbocycles. The molecule has 2 aliphatic rings. The van der Waals surface area contributed by atoms with E-state index < -0.39 is 6.04 Å². The first-order valence-corrected chi connectivity index (χ1v) is 7.81. The summed E-state index contributed by atoms with van der Waals surface area (Å²) in [6, 6.07) is 8.87. The largest absolute Gasteiger partial charge is 0.342 e. The highest BCUT2D eigenvalue weighted by Gasteiger charge is 2.46. The summed E-state index contributed by atoms with van der Waals surface area (Å²) in [5, 5.41) is 2.88. The molecule has 2 amide bonds. The summed E-state index contributed by atoms with van der Waals surface area (Å²) in [6.45, 7) is 4.02.